The minimum Gasteiger partial charge on any atom is -0.486 e. The molecule has 0 unspecified atom stereocenters. The number of rotatable bonds is 5. The highest BCUT2D eigenvalue weighted by atomic mass is 19.1. The van der Waals surface area contributed by atoms with E-state index in [9.17, 15) is 9.18 Å². The highest BCUT2D eigenvalue weighted by Crippen LogP contribution is 2.43. The van der Waals surface area contributed by atoms with Gasteiger partial charge in [0.15, 0.2) is 17.3 Å². The van der Waals surface area contributed by atoms with Gasteiger partial charge in [-0.2, -0.15) is 0 Å². The van der Waals surface area contributed by atoms with Gasteiger partial charge in [-0.15, -0.1) is 10.2 Å². The zero-order valence-corrected chi connectivity index (χ0v) is 17.6. The van der Waals surface area contributed by atoms with E-state index < -0.39 is 11.7 Å². The molecule has 10 nitrogen and oxygen atoms in total. The average molecular weight is 447 g/mol. The lowest BCUT2D eigenvalue weighted by atomic mass is 10.0. The Morgan fingerprint density at radius 3 is 2.76 bits per heavy atom. The van der Waals surface area contributed by atoms with Crippen LogP contribution in [0.2, 0.25) is 0 Å². The molecule has 1 amide bonds. The number of carbonyl (C=O) groups is 1. The van der Waals surface area contributed by atoms with Crippen LogP contribution in [-0.2, 0) is 6.61 Å². The van der Waals surface area contributed by atoms with Gasteiger partial charge in [-0.25, -0.2) is 9.37 Å². The summed E-state index contributed by atoms with van der Waals surface area (Å²) in [4.78, 5) is 16.4. The van der Waals surface area contributed by atoms with Crippen molar-refractivity contribution >= 4 is 28.9 Å². The van der Waals surface area contributed by atoms with Gasteiger partial charge in [0.2, 0.25) is 0 Å². The van der Waals surface area contributed by atoms with Crippen LogP contribution in [0.4, 0.5) is 27.4 Å². The van der Waals surface area contributed by atoms with Crippen LogP contribution in [0.25, 0.3) is 11.3 Å². The normalized spacial score (nSPS) is 11.7. The number of anilines is 4. The van der Waals surface area contributed by atoms with Gasteiger partial charge < -0.3 is 25.2 Å². The number of amides is 1. The topological polar surface area (TPSA) is 127 Å². The molecule has 4 aromatic rings. The summed E-state index contributed by atoms with van der Waals surface area (Å²) in [6.45, 7) is 2.15. The second kappa shape index (κ2) is 8.19. The molecule has 5 rings (SSSR count). The lowest BCUT2D eigenvalue weighted by Crippen LogP contribution is -2.21. The fourth-order valence-corrected chi connectivity index (χ4v) is 3.45. The minimum atomic E-state index is -0.455. The first kappa shape index (κ1) is 20.4. The first-order valence-corrected chi connectivity index (χ1v) is 10.00. The van der Waals surface area contributed by atoms with Crippen LogP contribution in [0.5, 0.6) is 5.75 Å². The van der Waals surface area contributed by atoms with Crippen molar-refractivity contribution < 1.29 is 18.4 Å². The number of benzene rings is 1. The van der Waals surface area contributed by atoms with E-state index in [2.05, 4.69) is 36.3 Å². The smallest absolute Gasteiger partial charge is 0.273 e. The molecule has 0 saturated heterocycles. The first-order valence-electron chi connectivity index (χ1n) is 10.00. The largest absolute Gasteiger partial charge is 0.486 e. The Morgan fingerprint density at radius 1 is 1.09 bits per heavy atom. The number of pyridine rings is 1. The SMILES string of the molecule is CNC(=O)c1nnc(Nc2ccc(F)cn2)cc1Nc1cccc2c1OCc1c-2noc1C. The number of halogens is 1. The van der Waals surface area contributed by atoms with Crippen molar-refractivity contribution in [3.8, 4) is 17.0 Å². The summed E-state index contributed by atoms with van der Waals surface area (Å²) in [7, 11) is 1.50. The monoisotopic (exact) mass is 447 g/mol. The Balaban J connectivity index is 1.52. The van der Waals surface area contributed by atoms with Crippen LogP contribution in [0.15, 0.2) is 47.1 Å². The summed E-state index contributed by atoms with van der Waals surface area (Å²) in [6, 6.07) is 9.90. The fourth-order valence-electron chi connectivity index (χ4n) is 3.45. The summed E-state index contributed by atoms with van der Waals surface area (Å²) in [5.41, 5.74) is 3.48. The quantitative estimate of drug-likeness (QED) is 0.419. The molecule has 1 aliphatic rings. The highest BCUT2D eigenvalue weighted by molar-refractivity contribution is 5.99. The van der Waals surface area contributed by atoms with Crippen LogP contribution in [0.3, 0.4) is 0 Å². The molecule has 1 aliphatic heterocycles. The molecule has 0 fully saturated rings. The molecule has 0 spiro atoms. The molecule has 3 aromatic heterocycles. The molecule has 0 saturated carbocycles. The van der Waals surface area contributed by atoms with E-state index in [0.29, 0.717) is 41.1 Å². The maximum atomic E-state index is 13.1. The molecule has 1 aromatic carbocycles. The third-order valence-corrected chi connectivity index (χ3v) is 5.10. The van der Waals surface area contributed by atoms with Gasteiger partial charge >= 0.3 is 0 Å². The number of aryl methyl sites for hydroxylation is 1. The van der Waals surface area contributed by atoms with Crippen molar-refractivity contribution in [2.45, 2.75) is 13.5 Å². The van der Waals surface area contributed by atoms with Gasteiger partial charge in [0.25, 0.3) is 5.91 Å². The van der Waals surface area contributed by atoms with Crippen LogP contribution < -0.4 is 20.7 Å². The Bertz CT molecular complexity index is 1350. The van der Waals surface area contributed by atoms with Crippen molar-refractivity contribution in [2.75, 3.05) is 17.7 Å². The Morgan fingerprint density at radius 2 is 1.97 bits per heavy atom. The van der Waals surface area contributed by atoms with Crippen LogP contribution in [0, 0.1) is 12.7 Å². The summed E-state index contributed by atoms with van der Waals surface area (Å²) in [6.07, 6.45) is 1.08. The number of para-hydroxylation sites is 1. The molecule has 4 heterocycles. The lowest BCUT2D eigenvalue weighted by Gasteiger charge is -2.21. The van der Waals surface area contributed by atoms with Gasteiger partial charge in [0, 0.05) is 18.7 Å². The Hall–Kier alpha value is -4.54. The third kappa shape index (κ3) is 3.80. The molecular formula is C22H18FN7O3. The summed E-state index contributed by atoms with van der Waals surface area (Å²) in [5, 5.41) is 21.0. The molecular weight excluding hydrogens is 429 g/mol. The van der Waals surface area contributed by atoms with E-state index in [4.69, 9.17) is 9.26 Å². The number of hydrogen-bond donors (Lipinski definition) is 3. The van der Waals surface area contributed by atoms with Crippen molar-refractivity contribution in [3.63, 3.8) is 0 Å². The zero-order chi connectivity index (χ0) is 22.9. The number of hydrogen-bond acceptors (Lipinski definition) is 9. The second-order valence-electron chi connectivity index (χ2n) is 7.22. The number of carbonyl (C=O) groups excluding carboxylic acids is 1. The lowest BCUT2D eigenvalue weighted by molar-refractivity contribution is 0.0958. The van der Waals surface area contributed by atoms with Crippen LogP contribution >= 0.6 is 0 Å². The minimum absolute atomic E-state index is 0.0847. The molecule has 166 valence electrons. The fraction of sp³-hybridized carbons (Fsp3) is 0.136. The average Bonchev–Trinajstić information content (AvgIpc) is 3.22. The maximum Gasteiger partial charge on any atom is 0.273 e. The number of nitrogens with zero attached hydrogens (tertiary/aromatic N) is 4. The molecule has 11 heteroatoms. The predicted octanol–water partition coefficient (Wildman–Crippen LogP) is 3.71. The zero-order valence-electron chi connectivity index (χ0n) is 17.6. The maximum absolute atomic E-state index is 13.1. The Labute approximate surface area is 187 Å². The summed E-state index contributed by atoms with van der Waals surface area (Å²) >= 11 is 0. The number of ether oxygens (including phenoxy) is 1. The molecule has 33 heavy (non-hydrogen) atoms. The molecule has 0 bridgehead atoms. The Kier molecular flexibility index (Phi) is 5.05. The van der Waals surface area contributed by atoms with E-state index in [1.165, 1.54) is 19.2 Å². The van der Waals surface area contributed by atoms with Gasteiger partial charge in [-0.3, -0.25) is 4.79 Å². The summed E-state index contributed by atoms with van der Waals surface area (Å²) in [5.74, 6) is 1.09. The molecule has 0 atom stereocenters. The standard InChI is InChI=1S/C22H18FN7O3/c1-11-14-10-32-21-13(19(14)30-33-11)4-3-5-15(21)26-16-8-18(28-29-20(16)22(31)24-2)27-17-7-6-12(23)9-25-17/h3-9H,10H2,1-2H3,(H,24,31)(H2,25,26,27,28). The van der Waals surface area contributed by atoms with Gasteiger partial charge in [-0.05, 0) is 31.2 Å². The van der Waals surface area contributed by atoms with Crippen molar-refractivity contribution in [2.24, 2.45) is 0 Å². The number of aromatic nitrogens is 4. The van der Waals surface area contributed by atoms with E-state index in [1.807, 2.05) is 25.1 Å². The van der Waals surface area contributed by atoms with E-state index in [-0.39, 0.29) is 5.69 Å². The van der Waals surface area contributed by atoms with Gasteiger partial charge in [0.1, 0.15) is 29.7 Å². The molecule has 0 aliphatic carbocycles. The first-order chi connectivity index (χ1) is 16.0. The van der Waals surface area contributed by atoms with E-state index >= 15 is 0 Å². The van der Waals surface area contributed by atoms with E-state index in [1.54, 1.807) is 6.07 Å². The second-order valence-corrected chi connectivity index (χ2v) is 7.22. The van der Waals surface area contributed by atoms with Gasteiger partial charge in [0.05, 0.1) is 23.1 Å². The predicted molar refractivity (Wildman–Crippen MR) is 117 cm³/mol. The van der Waals surface area contributed by atoms with Crippen molar-refractivity contribution in [1.29, 1.82) is 0 Å². The number of nitrogens with one attached hydrogen (secondary N) is 3. The van der Waals surface area contributed by atoms with Crippen molar-refractivity contribution in [3.05, 3.63) is 65.4 Å². The van der Waals surface area contributed by atoms with Gasteiger partial charge in [-0.1, -0.05) is 11.2 Å². The molecule has 3 N–H and O–H groups in total. The third-order valence-electron chi connectivity index (χ3n) is 5.10. The van der Waals surface area contributed by atoms with Crippen molar-refractivity contribution in [1.82, 2.24) is 25.7 Å². The molecule has 0 radical (unpaired) electrons. The number of fused-ring (bicyclic) bond motifs is 3. The summed E-state index contributed by atoms with van der Waals surface area (Å²) < 4.78 is 24.5. The van der Waals surface area contributed by atoms with E-state index in [0.717, 1.165) is 23.0 Å². The highest BCUT2D eigenvalue weighted by Gasteiger charge is 2.26. The van der Waals surface area contributed by atoms with Crippen LogP contribution in [0.1, 0.15) is 21.8 Å². The van der Waals surface area contributed by atoms with Crippen LogP contribution in [-0.4, -0.2) is 33.3 Å².